The summed E-state index contributed by atoms with van der Waals surface area (Å²) in [5, 5.41) is 3.73. The van der Waals surface area contributed by atoms with Crippen molar-refractivity contribution in [3.63, 3.8) is 0 Å². The number of anilines is 1. The van der Waals surface area contributed by atoms with Crippen molar-refractivity contribution in [3.05, 3.63) is 47.0 Å². The molecule has 2 rings (SSSR count). The number of nitrogens with two attached hydrogens (primary N) is 1. The minimum Gasteiger partial charge on any atom is -0.497 e. The van der Waals surface area contributed by atoms with E-state index in [2.05, 4.69) is 10.3 Å². The highest BCUT2D eigenvalue weighted by Gasteiger charge is 2.06. The molecule has 0 aliphatic rings. The van der Waals surface area contributed by atoms with Gasteiger partial charge in [0.2, 0.25) is 0 Å². The van der Waals surface area contributed by atoms with Crippen LogP contribution in [-0.2, 0) is 0 Å². The number of nitrogens with one attached hydrogen (secondary N) is 1. The fourth-order valence-corrected chi connectivity index (χ4v) is 2.54. The van der Waals surface area contributed by atoms with Gasteiger partial charge in [0.1, 0.15) is 17.2 Å². The van der Waals surface area contributed by atoms with Crippen LogP contribution in [0, 0.1) is 6.92 Å². The Morgan fingerprint density at radius 2 is 1.85 bits per heavy atom. The Morgan fingerprint density at radius 3 is 2.52 bits per heavy atom. The molecule has 0 bridgehead atoms. The van der Waals surface area contributed by atoms with E-state index < -0.39 is 0 Å². The van der Waals surface area contributed by atoms with Gasteiger partial charge in [0, 0.05) is 24.1 Å². The Morgan fingerprint density at radius 1 is 1.11 bits per heavy atom. The van der Waals surface area contributed by atoms with Gasteiger partial charge in [0.05, 0.1) is 26.5 Å². The number of methoxy groups -OCH3 is 2. The SMILES string of the molecule is COc1ccc(OC)c(NC(N)=NCCCOc2ccc(Cl)cc2C)c1.I. The summed E-state index contributed by atoms with van der Waals surface area (Å²) in [4.78, 5) is 4.30. The number of hydrogen-bond donors (Lipinski definition) is 2. The van der Waals surface area contributed by atoms with Gasteiger partial charge in [0.25, 0.3) is 0 Å². The second kappa shape index (κ2) is 11.8. The zero-order valence-corrected chi connectivity index (χ0v) is 18.7. The number of aryl methyl sites for hydroxylation is 1. The van der Waals surface area contributed by atoms with Crippen LogP contribution < -0.4 is 25.3 Å². The van der Waals surface area contributed by atoms with Gasteiger partial charge in [-0.2, -0.15) is 0 Å². The summed E-state index contributed by atoms with van der Waals surface area (Å²) in [6.07, 6.45) is 0.736. The van der Waals surface area contributed by atoms with Crippen LogP contribution in [0.2, 0.25) is 5.02 Å². The van der Waals surface area contributed by atoms with Crippen molar-refractivity contribution >= 4 is 47.2 Å². The lowest BCUT2D eigenvalue weighted by atomic mass is 10.2. The third-order valence-corrected chi connectivity index (χ3v) is 3.88. The van der Waals surface area contributed by atoms with Crippen LogP contribution in [-0.4, -0.2) is 33.3 Å². The molecule has 0 aliphatic heterocycles. The quantitative estimate of drug-likeness (QED) is 0.239. The lowest BCUT2D eigenvalue weighted by Crippen LogP contribution is -2.23. The smallest absolute Gasteiger partial charge is 0.193 e. The Hall–Kier alpha value is -1.87. The van der Waals surface area contributed by atoms with E-state index in [1.807, 2.05) is 31.2 Å². The summed E-state index contributed by atoms with van der Waals surface area (Å²) in [6.45, 7) is 3.04. The maximum absolute atomic E-state index is 5.94. The van der Waals surface area contributed by atoms with Gasteiger partial charge in [-0.3, -0.25) is 4.99 Å². The first-order valence-corrected chi connectivity index (χ1v) is 8.59. The van der Waals surface area contributed by atoms with E-state index in [0.29, 0.717) is 41.3 Å². The van der Waals surface area contributed by atoms with E-state index in [0.717, 1.165) is 17.7 Å². The number of benzene rings is 2. The molecular formula is C19H25ClIN3O3. The number of ether oxygens (including phenoxy) is 3. The summed E-state index contributed by atoms with van der Waals surface area (Å²) in [5.74, 6) is 2.49. The zero-order chi connectivity index (χ0) is 18.9. The largest absolute Gasteiger partial charge is 0.497 e. The normalized spacial score (nSPS) is 10.7. The average Bonchev–Trinajstić information content (AvgIpc) is 2.63. The molecular weight excluding hydrogens is 481 g/mol. The fraction of sp³-hybridized carbons (Fsp3) is 0.316. The molecule has 6 nitrogen and oxygen atoms in total. The van der Waals surface area contributed by atoms with Crippen molar-refractivity contribution in [1.29, 1.82) is 0 Å². The van der Waals surface area contributed by atoms with Crippen LogP contribution in [0.3, 0.4) is 0 Å². The van der Waals surface area contributed by atoms with Crippen molar-refractivity contribution in [2.45, 2.75) is 13.3 Å². The molecule has 2 aromatic rings. The Balaban J connectivity index is 0.00000364. The second-order valence-corrected chi connectivity index (χ2v) is 6.01. The average molecular weight is 506 g/mol. The van der Waals surface area contributed by atoms with Crippen molar-refractivity contribution in [2.24, 2.45) is 10.7 Å². The van der Waals surface area contributed by atoms with Crippen LogP contribution in [0.1, 0.15) is 12.0 Å². The molecule has 27 heavy (non-hydrogen) atoms. The molecule has 0 unspecified atom stereocenters. The number of rotatable bonds is 8. The van der Waals surface area contributed by atoms with Gasteiger partial charge < -0.3 is 25.3 Å². The highest BCUT2D eigenvalue weighted by molar-refractivity contribution is 14.0. The first-order valence-electron chi connectivity index (χ1n) is 8.21. The van der Waals surface area contributed by atoms with Crippen LogP contribution in [0.5, 0.6) is 17.2 Å². The minimum atomic E-state index is 0. The predicted octanol–water partition coefficient (Wildman–Crippen LogP) is 4.48. The molecule has 0 amide bonds. The first kappa shape index (κ1) is 23.2. The predicted molar refractivity (Wildman–Crippen MR) is 121 cm³/mol. The molecule has 0 spiro atoms. The van der Waals surface area contributed by atoms with Crippen molar-refractivity contribution in [3.8, 4) is 17.2 Å². The van der Waals surface area contributed by atoms with E-state index in [1.54, 1.807) is 26.4 Å². The number of halogens is 2. The van der Waals surface area contributed by atoms with E-state index in [1.165, 1.54) is 0 Å². The molecule has 0 radical (unpaired) electrons. The molecule has 0 fully saturated rings. The maximum Gasteiger partial charge on any atom is 0.193 e. The van der Waals surface area contributed by atoms with Gasteiger partial charge in [-0.1, -0.05) is 11.6 Å². The van der Waals surface area contributed by atoms with E-state index in [-0.39, 0.29) is 24.0 Å². The van der Waals surface area contributed by atoms with Crippen molar-refractivity contribution in [1.82, 2.24) is 0 Å². The molecule has 3 N–H and O–H groups in total. The highest BCUT2D eigenvalue weighted by Crippen LogP contribution is 2.28. The van der Waals surface area contributed by atoms with Crippen molar-refractivity contribution < 1.29 is 14.2 Å². The monoisotopic (exact) mass is 505 g/mol. The van der Waals surface area contributed by atoms with E-state index in [4.69, 9.17) is 31.5 Å². The van der Waals surface area contributed by atoms with Gasteiger partial charge >= 0.3 is 0 Å². The molecule has 148 valence electrons. The molecule has 0 aliphatic carbocycles. The zero-order valence-electron chi connectivity index (χ0n) is 15.6. The fourth-order valence-electron chi connectivity index (χ4n) is 2.31. The Labute approximate surface area is 182 Å². The summed E-state index contributed by atoms with van der Waals surface area (Å²) in [5.41, 5.74) is 7.64. The maximum atomic E-state index is 5.94. The molecule has 0 saturated heterocycles. The van der Waals surface area contributed by atoms with E-state index in [9.17, 15) is 0 Å². The number of hydrogen-bond acceptors (Lipinski definition) is 4. The number of aliphatic imine (C=N–C) groups is 1. The summed E-state index contributed by atoms with van der Waals surface area (Å²) in [6, 6.07) is 11.0. The Kier molecular flexibility index (Phi) is 10.1. The standard InChI is InChI=1S/C19H24ClN3O3.HI/c1-13-11-14(20)5-7-17(13)26-10-4-9-22-19(21)23-16-12-15(24-2)6-8-18(16)25-3;/h5-8,11-12H,4,9-10H2,1-3H3,(H3,21,22,23);1H. The third-order valence-electron chi connectivity index (χ3n) is 3.65. The Bertz CT molecular complexity index is 772. The van der Waals surface area contributed by atoms with Crippen LogP contribution in [0.4, 0.5) is 5.69 Å². The summed E-state index contributed by atoms with van der Waals surface area (Å²) in [7, 11) is 3.20. The third kappa shape index (κ3) is 7.34. The number of nitrogens with zero attached hydrogens (tertiary/aromatic N) is 1. The molecule has 0 aromatic heterocycles. The van der Waals surface area contributed by atoms with Crippen LogP contribution in [0.15, 0.2) is 41.4 Å². The minimum absolute atomic E-state index is 0. The van der Waals surface area contributed by atoms with Gasteiger partial charge in [-0.05, 0) is 42.8 Å². The van der Waals surface area contributed by atoms with Gasteiger partial charge in [0.15, 0.2) is 5.96 Å². The lowest BCUT2D eigenvalue weighted by Gasteiger charge is -2.12. The highest BCUT2D eigenvalue weighted by atomic mass is 127. The first-order chi connectivity index (χ1) is 12.5. The second-order valence-electron chi connectivity index (χ2n) is 5.57. The molecule has 2 aromatic carbocycles. The molecule has 8 heteroatoms. The van der Waals surface area contributed by atoms with Crippen LogP contribution in [0.25, 0.3) is 0 Å². The van der Waals surface area contributed by atoms with E-state index >= 15 is 0 Å². The molecule has 0 saturated carbocycles. The summed E-state index contributed by atoms with van der Waals surface area (Å²) < 4.78 is 16.2. The van der Waals surface area contributed by atoms with Gasteiger partial charge in [-0.25, -0.2) is 0 Å². The summed E-state index contributed by atoms with van der Waals surface area (Å²) >= 11 is 5.93. The topological polar surface area (TPSA) is 78.1 Å². The number of guanidine groups is 1. The van der Waals surface area contributed by atoms with Gasteiger partial charge in [-0.15, -0.1) is 24.0 Å². The molecule has 0 atom stereocenters. The van der Waals surface area contributed by atoms with Crippen LogP contribution >= 0.6 is 35.6 Å². The lowest BCUT2D eigenvalue weighted by molar-refractivity contribution is 0.311. The van der Waals surface area contributed by atoms with Crippen molar-refractivity contribution in [2.75, 3.05) is 32.7 Å². The molecule has 0 heterocycles.